The van der Waals surface area contributed by atoms with Gasteiger partial charge < -0.3 is 15.4 Å². The molecular weight excluding hydrogens is 416 g/mol. The molecule has 30 heavy (non-hydrogen) atoms. The monoisotopic (exact) mass is 440 g/mol. The molecule has 0 saturated heterocycles. The van der Waals surface area contributed by atoms with Crippen LogP contribution in [0.1, 0.15) is 36.1 Å². The second-order valence-electron chi connectivity index (χ2n) is 7.04. The molecule has 4 rings (SSSR count). The predicted octanol–water partition coefficient (Wildman–Crippen LogP) is 4.88. The first kappa shape index (κ1) is 20.7. The molecule has 1 amide bonds. The number of thioether (sulfide) groups is 1. The summed E-state index contributed by atoms with van der Waals surface area (Å²) in [7, 11) is 0. The summed E-state index contributed by atoms with van der Waals surface area (Å²) in [6.45, 7) is 4.83. The average Bonchev–Trinajstić information content (AvgIpc) is 3.21. The van der Waals surface area contributed by atoms with Crippen molar-refractivity contribution in [1.29, 1.82) is 0 Å². The molecule has 3 aromatic rings. The molecule has 1 aliphatic heterocycles. The van der Waals surface area contributed by atoms with Gasteiger partial charge in [-0.2, -0.15) is 0 Å². The van der Waals surface area contributed by atoms with E-state index in [0.717, 1.165) is 39.3 Å². The van der Waals surface area contributed by atoms with Crippen LogP contribution in [0, 0.1) is 6.92 Å². The third-order valence-corrected chi connectivity index (χ3v) is 6.97. The van der Waals surface area contributed by atoms with Gasteiger partial charge >= 0.3 is 0 Å². The molecule has 8 heteroatoms. The molecule has 0 spiro atoms. The lowest BCUT2D eigenvalue weighted by Crippen LogP contribution is -2.33. The molecule has 6 nitrogen and oxygen atoms in total. The van der Waals surface area contributed by atoms with Crippen LogP contribution in [0.3, 0.4) is 0 Å². The Morgan fingerprint density at radius 2 is 2.10 bits per heavy atom. The summed E-state index contributed by atoms with van der Waals surface area (Å²) in [5.41, 5.74) is 4.54. The molecule has 0 aliphatic carbocycles. The minimum atomic E-state index is -0.0152. The smallest absolute Gasteiger partial charge is 0.230 e. The Morgan fingerprint density at radius 3 is 2.97 bits per heavy atom. The lowest BCUT2D eigenvalue weighted by Gasteiger charge is -2.26. The van der Waals surface area contributed by atoms with Gasteiger partial charge in [0.2, 0.25) is 11.0 Å². The first-order chi connectivity index (χ1) is 14.6. The number of ether oxygens (including phenoxy) is 1. The number of hydrogen-bond donors (Lipinski definition) is 2. The van der Waals surface area contributed by atoms with E-state index in [1.807, 2.05) is 24.3 Å². The number of carbonyl (C=O) groups excluding carboxylic acids is 1. The number of para-hydroxylation sites is 2. The van der Waals surface area contributed by atoms with Gasteiger partial charge in [-0.1, -0.05) is 66.4 Å². The molecule has 0 fully saturated rings. The van der Waals surface area contributed by atoms with Crippen molar-refractivity contribution < 1.29 is 9.53 Å². The van der Waals surface area contributed by atoms with Crippen LogP contribution < -0.4 is 15.4 Å². The SMILES string of the molecule is CCc1cccc(C)c1Nc1nnc(SCC(=O)N[C@H]2CCOc3ccccc32)s1. The second-order valence-corrected chi connectivity index (χ2v) is 9.24. The molecule has 1 atom stereocenters. The van der Waals surface area contributed by atoms with Crippen LogP contribution in [-0.2, 0) is 11.2 Å². The Hall–Kier alpha value is -2.58. The van der Waals surface area contributed by atoms with Gasteiger partial charge in [0, 0.05) is 17.7 Å². The third kappa shape index (κ3) is 4.76. The number of anilines is 2. The number of nitrogens with one attached hydrogen (secondary N) is 2. The normalized spacial score (nSPS) is 15.2. The minimum Gasteiger partial charge on any atom is -0.493 e. The number of carbonyl (C=O) groups is 1. The quantitative estimate of drug-likeness (QED) is 0.510. The van der Waals surface area contributed by atoms with Gasteiger partial charge in [-0.25, -0.2) is 0 Å². The van der Waals surface area contributed by atoms with Crippen molar-refractivity contribution in [3.8, 4) is 5.75 Å². The number of fused-ring (bicyclic) bond motifs is 1. The number of aromatic nitrogens is 2. The summed E-state index contributed by atoms with van der Waals surface area (Å²) in [5.74, 6) is 1.14. The van der Waals surface area contributed by atoms with Gasteiger partial charge in [0.1, 0.15) is 5.75 Å². The lowest BCUT2D eigenvalue weighted by atomic mass is 10.0. The van der Waals surface area contributed by atoms with Crippen LogP contribution in [0.2, 0.25) is 0 Å². The van der Waals surface area contributed by atoms with Crippen molar-refractivity contribution in [3.63, 3.8) is 0 Å². The highest BCUT2D eigenvalue weighted by atomic mass is 32.2. The fraction of sp³-hybridized carbons (Fsp3) is 0.318. The number of aryl methyl sites for hydroxylation is 2. The lowest BCUT2D eigenvalue weighted by molar-refractivity contribution is -0.119. The highest BCUT2D eigenvalue weighted by Gasteiger charge is 2.22. The Morgan fingerprint density at radius 1 is 1.23 bits per heavy atom. The zero-order valence-electron chi connectivity index (χ0n) is 17.0. The van der Waals surface area contributed by atoms with E-state index in [9.17, 15) is 4.79 Å². The highest BCUT2D eigenvalue weighted by molar-refractivity contribution is 8.01. The Labute approximate surface area is 184 Å². The molecule has 0 radical (unpaired) electrons. The van der Waals surface area contributed by atoms with Crippen LogP contribution in [0.25, 0.3) is 0 Å². The molecule has 2 aromatic carbocycles. The van der Waals surface area contributed by atoms with Crippen molar-refractivity contribution >= 4 is 39.8 Å². The van der Waals surface area contributed by atoms with Gasteiger partial charge in [-0.05, 0) is 30.5 Å². The van der Waals surface area contributed by atoms with E-state index in [1.165, 1.54) is 34.2 Å². The zero-order valence-corrected chi connectivity index (χ0v) is 18.6. The summed E-state index contributed by atoms with van der Waals surface area (Å²) in [4.78, 5) is 12.5. The third-order valence-electron chi connectivity index (χ3n) is 5.00. The summed E-state index contributed by atoms with van der Waals surface area (Å²) in [6, 6.07) is 14.1. The van der Waals surface area contributed by atoms with Crippen molar-refractivity contribution in [1.82, 2.24) is 15.5 Å². The van der Waals surface area contributed by atoms with Crippen molar-refractivity contribution in [2.75, 3.05) is 17.7 Å². The van der Waals surface area contributed by atoms with Crippen molar-refractivity contribution in [3.05, 3.63) is 59.2 Å². The number of hydrogen-bond acceptors (Lipinski definition) is 7. The van der Waals surface area contributed by atoms with E-state index in [2.05, 4.69) is 52.9 Å². The van der Waals surface area contributed by atoms with E-state index < -0.39 is 0 Å². The maximum absolute atomic E-state index is 12.5. The van der Waals surface area contributed by atoms with Gasteiger partial charge in [0.25, 0.3) is 0 Å². The molecule has 0 unspecified atom stereocenters. The van der Waals surface area contributed by atoms with E-state index in [4.69, 9.17) is 4.74 Å². The van der Waals surface area contributed by atoms with E-state index in [0.29, 0.717) is 12.4 Å². The van der Waals surface area contributed by atoms with E-state index >= 15 is 0 Å². The first-order valence-corrected chi connectivity index (χ1v) is 11.8. The molecule has 156 valence electrons. The number of nitrogens with zero attached hydrogens (tertiary/aromatic N) is 2. The summed E-state index contributed by atoms with van der Waals surface area (Å²) in [6.07, 6.45) is 1.72. The van der Waals surface area contributed by atoms with E-state index in [-0.39, 0.29) is 11.9 Å². The maximum atomic E-state index is 12.5. The fourth-order valence-corrected chi connectivity index (χ4v) is 5.05. The number of amides is 1. The number of rotatable bonds is 7. The number of benzene rings is 2. The molecule has 2 N–H and O–H groups in total. The first-order valence-electron chi connectivity index (χ1n) is 9.97. The van der Waals surface area contributed by atoms with E-state index in [1.54, 1.807) is 0 Å². The molecule has 0 bridgehead atoms. The van der Waals surface area contributed by atoms with Crippen LogP contribution >= 0.6 is 23.1 Å². The van der Waals surface area contributed by atoms with Crippen molar-refractivity contribution in [2.45, 2.75) is 37.1 Å². The van der Waals surface area contributed by atoms with Gasteiger partial charge in [-0.3, -0.25) is 4.79 Å². The Bertz CT molecular complexity index is 1040. The summed E-state index contributed by atoms with van der Waals surface area (Å²) < 4.78 is 6.43. The van der Waals surface area contributed by atoms with Gasteiger partial charge in [-0.15, -0.1) is 10.2 Å². The topological polar surface area (TPSA) is 76.1 Å². The maximum Gasteiger partial charge on any atom is 0.230 e. The average molecular weight is 441 g/mol. The van der Waals surface area contributed by atoms with Gasteiger partial charge in [0.05, 0.1) is 18.4 Å². The van der Waals surface area contributed by atoms with Crippen LogP contribution in [-0.4, -0.2) is 28.5 Å². The molecule has 2 heterocycles. The van der Waals surface area contributed by atoms with Gasteiger partial charge in [0.15, 0.2) is 4.34 Å². The van der Waals surface area contributed by atoms with Crippen LogP contribution in [0.5, 0.6) is 5.75 Å². The fourth-order valence-electron chi connectivity index (χ4n) is 3.48. The van der Waals surface area contributed by atoms with Crippen molar-refractivity contribution in [2.24, 2.45) is 0 Å². The highest BCUT2D eigenvalue weighted by Crippen LogP contribution is 2.33. The van der Waals surface area contributed by atoms with Crippen LogP contribution in [0.4, 0.5) is 10.8 Å². The molecular formula is C22H24N4O2S2. The Balaban J connectivity index is 1.34. The summed E-state index contributed by atoms with van der Waals surface area (Å²) in [5, 5.41) is 15.7. The standard InChI is InChI=1S/C22H24N4O2S2/c1-3-15-8-6-7-14(2)20(15)24-21-25-26-22(30-21)29-13-19(27)23-17-11-12-28-18-10-5-4-9-16(17)18/h4-10,17H,3,11-13H2,1-2H3,(H,23,27)(H,24,25)/t17-/m0/s1. The Kier molecular flexibility index (Phi) is 6.54. The summed E-state index contributed by atoms with van der Waals surface area (Å²) >= 11 is 2.87. The predicted molar refractivity (Wildman–Crippen MR) is 122 cm³/mol. The molecule has 0 saturated carbocycles. The zero-order chi connectivity index (χ0) is 20.9. The molecule has 1 aliphatic rings. The minimum absolute atomic E-state index is 0.0109. The molecule has 1 aromatic heterocycles. The largest absolute Gasteiger partial charge is 0.493 e. The van der Waals surface area contributed by atoms with Crippen LogP contribution in [0.15, 0.2) is 46.8 Å². The second kappa shape index (κ2) is 9.49.